The van der Waals surface area contributed by atoms with Crippen LogP contribution < -0.4 is 4.72 Å². The fraction of sp³-hybridized carbons (Fsp3) is 0.400. The molecule has 1 N–H and O–H groups in total. The summed E-state index contributed by atoms with van der Waals surface area (Å²) in [5, 5.41) is 0. The van der Waals surface area contributed by atoms with Crippen LogP contribution >= 0.6 is 31.9 Å². The summed E-state index contributed by atoms with van der Waals surface area (Å²) in [6, 6.07) is 5.02. The maximum absolute atomic E-state index is 12.0. The fourth-order valence-corrected chi connectivity index (χ4v) is 3.76. The van der Waals surface area contributed by atoms with E-state index < -0.39 is 10.0 Å². The van der Waals surface area contributed by atoms with E-state index in [-0.39, 0.29) is 4.90 Å². The Morgan fingerprint density at radius 3 is 2.71 bits per heavy atom. The van der Waals surface area contributed by atoms with Crippen LogP contribution in [0.4, 0.5) is 0 Å². The number of rotatable bonds is 6. The topological polar surface area (TPSA) is 55.4 Å². The molecular weight excluding hydrogens is 374 g/mol. The van der Waals surface area contributed by atoms with Crippen LogP contribution in [0, 0.1) is 0 Å². The van der Waals surface area contributed by atoms with E-state index in [9.17, 15) is 8.42 Å². The van der Waals surface area contributed by atoms with Gasteiger partial charge in [-0.3, -0.25) is 0 Å². The van der Waals surface area contributed by atoms with Crippen LogP contribution in [0.25, 0.3) is 0 Å². The second-order valence-corrected chi connectivity index (χ2v) is 6.82. The third-order valence-corrected chi connectivity index (χ3v) is 4.95. The molecule has 7 heteroatoms. The van der Waals surface area contributed by atoms with E-state index in [0.717, 1.165) is 4.47 Å². The van der Waals surface area contributed by atoms with Gasteiger partial charge < -0.3 is 4.74 Å². The van der Waals surface area contributed by atoms with Crippen LogP contribution in [0.5, 0.6) is 0 Å². The molecule has 0 bridgehead atoms. The second-order valence-electron chi connectivity index (χ2n) is 3.32. The van der Waals surface area contributed by atoms with Crippen LogP contribution in [-0.4, -0.2) is 28.7 Å². The molecule has 0 atom stereocenters. The van der Waals surface area contributed by atoms with Crippen molar-refractivity contribution in [2.24, 2.45) is 0 Å². The fourth-order valence-electron chi connectivity index (χ4n) is 1.18. The number of ether oxygens (including phenoxy) is 1. The molecule has 1 aromatic carbocycles. The first-order chi connectivity index (χ1) is 7.97. The van der Waals surface area contributed by atoms with Gasteiger partial charge in [-0.25, -0.2) is 13.1 Å². The first kappa shape index (κ1) is 15.1. The lowest BCUT2D eigenvalue weighted by Crippen LogP contribution is -2.25. The van der Waals surface area contributed by atoms with Crippen LogP contribution in [0.3, 0.4) is 0 Å². The number of sulfonamides is 1. The SMILES string of the molecule is COCCCNS(=O)(=O)c1cc(Br)ccc1Br. The number of hydrogen-bond donors (Lipinski definition) is 1. The monoisotopic (exact) mass is 385 g/mol. The third-order valence-electron chi connectivity index (χ3n) is 2.00. The van der Waals surface area contributed by atoms with Gasteiger partial charge in [0.15, 0.2) is 0 Å². The van der Waals surface area contributed by atoms with E-state index in [1.54, 1.807) is 25.3 Å². The zero-order valence-corrected chi connectivity index (χ0v) is 13.2. The van der Waals surface area contributed by atoms with Gasteiger partial charge in [-0.1, -0.05) is 15.9 Å². The third kappa shape index (κ3) is 4.67. The Labute approximate surface area is 118 Å². The van der Waals surface area contributed by atoms with Gasteiger partial charge in [-0.05, 0) is 40.5 Å². The van der Waals surface area contributed by atoms with Crippen LogP contribution in [-0.2, 0) is 14.8 Å². The number of benzene rings is 1. The lowest BCUT2D eigenvalue weighted by atomic mass is 10.4. The summed E-state index contributed by atoms with van der Waals surface area (Å²) < 4.78 is 32.6. The van der Waals surface area contributed by atoms with Crippen molar-refractivity contribution in [3.63, 3.8) is 0 Å². The zero-order chi connectivity index (χ0) is 12.9. The maximum Gasteiger partial charge on any atom is 0.241 e. The van der Waals surface area contributed by atoms with Gasteiger partial charge in [0.1, 0.15) is 0 Å². The average molecular weight is 387 g/mol. The normalized spacial score (nSPS) is 11.7. The van der Waals surface area contributed by atoms with E-state index in [2.05, 4.69) is 36.6 Å². The van der Waals surface area contributed by atoms with Crippen molar-refractivity contribution in [3.05, 3.63) is 27.1 Å². The lowest BCUT2D eigenvalue weighted by Gasteiger charge is -2.08. The van der Waals surface area contributed by atoms with Gasteiger partial charge in [-0.2, -0.15) is 0 Å². The van der Waals surface area contributed by atoms with Gasteiger partial charge in [-0.15, -0.1) is 0 Å². The van der Waals surface area contributed by atoms with Crippen LogP contribution in [0.15, 0.2) is 32.0 Å². The molecule has 0 aliphatic rings. The van der Waals surface area contributed by atoms with Crippen molar-refractivity contribution in [3.8, 4) is 0 Å². The highest BCUT2D eigenvalue weighted by Gasteiger charge is 2.17. The second kappa shape index (κ2) is 6.84. The van der Waals surface area contributed by atoms with E-state index in [1.807, 2.05) is 0 Å². The molecule has 4 nitrogen and oxygen atoms in total. The van der Waals surface area contributed by atoms with Crippen molar-refractivity contribution in [1.82, 2.24) is 4.72 Å². The first-order valence-electron chi connectivity index (χ1n) is 4.91. The molecule has 0 aliphatic heterocycles. The Bertz CT molecular complexity index is 476. The average Bonchev–Trinajstić information content (AvgIpc) is 2.28. The number of methoxy groups -OCH3 is 1. The molecule has 96 valence electrons. The Morgan fingerprint density at radius 2 is 2.06 bits per heavy atom. The van der Waals surface area contributed by atoms with Crippen LogP contribution in [0.1, 0.15) is 6.42 Å². The summed E-state index contributed by atoms with van der Waals surface area (Å²) in [6.45, 7) is 0.886. The number of nitrogens with one attached hydrogen (secondary N) is 1. The van der Waals surface area contributed by atoms with E-state index in [1.165, 1.54) is 0 Å². The Hall–Kier alpha value is 0.0500. The van der Waals surface area contributed by atoms with Crippen molar-refractivity contribution in [2.45, 2.75) is 11.3 Å². The summed E-state index contributed by atoms with van der Waals surface area (Å²) in [7, 11) is -1.89. The number of hydrogen-bond acceptors (Lipinski definition) is 3. The first-order valence-corrected chi connectivity index (χ1v) is 7.98. The Balaban J connectivity index is 2.79. The molecule has 0 fully saturated rings. The van der Waals surface area contributed by atoms with Crippen molar-refractivity contribution in [2.75, 3.05) is 20.3 Å². The van der Waals surface area contributed by atoms with E-state index in [0.29, 0.717) is 24.0 Å². The van der Waals surface area contributed by atoms with Crippen molar-refractivity contribution in [1.29, 1.82) is 0 Å². The Kier molecular flexibility index (Phi) is 6.08. The van der Waals surface area contributed by atoms with Gasteiger partial charge in [0.2, 0.25) is 10.0 Å². The smallest absolute Gasteiger partial charge is 0.241 e. The molecule has 0 saturated heterocycles. The molecular formula is C10H13Br2NO3S. The molecule has 0 aromatic heterocycles. The molecule has 0 aliphatic carbocycles. The summed E-state index contributed by atoms with van der Waals surface area (Å²) in [4.78, 5) is 0.226. The van der Waals surface area contributed by atoms with Crippen LogP contribution in [0.2, 0.25) is 0 Å². The molecule has 0 radical (unpaired) electrons. The molecule has 1 rings (SSSR count). The molecule has 0 unspecified atom stereocenters. The standard InChI is InChI=1S/C10H13Br2NO3S/c1-16-6-2-5-13-17(14,15)10-7-8(11)3-4-9(10)12/h3-4,7,13H,2,5-6H2,1H3. The largest absolute Gasteiger partial charge is 0.385 e. The predicted molar refractivity (Wildman–Crippen MR) is 73.5 cm³/mol. The summed E-state index contributed by atoms with van der Waals surface area (Å²) >= 11 is 6.47. The minimum atomic E-state index is -3.48. The number of halogens is 2. The highest BCUT2D eigenvalue weighted by Crippen LogP contribution is 2.25. The minimum Gasteiger partial charge on any atom is -0.385 e. The molecule has 17 heavy (non-hydrogen) atoms. The van der Waals surface area contributed by atoms with E-state index in [4.69, 9.17) is 4.74 Å². The van der Waals surface area contributed by atoms with Gasteiger partial charge >= 0.3 is 0 Å². The van der Waals surface area contributed by atoms with E-state index >= 15 is 0 Å². The predicted octanol–water partition coefficient (Wildman–Crippen LogP) is 2.53. The summed E-state index contributed by atoms with van der Waals surface area (Å²) in [5.74, 6) is 0. The van der Waals surface area contributed by atoms with Crippen molar-refractivity contribution < 1.29 is 13.2 Å². The molecule has 0 heterocycles. The highest BCUT2D eigenvalue weighted by atomic mass is 79.9. The highest BCUT2D eigenvalue weighted by molar-refractivity contribution is 9.11. The Morgan fingerprint density at radius 1 is 1.35 bits per heavy atom. The zero-order valence-electron chi connectivity index (χ0n) is 9.24. The van der Waals surface area contributed by atoms with Crippen molar-refractivity contribution >= 4 is 41.9 Å². The quantitative estimate of drug-likeness (QED) is 0.764. The van der Waals surface area contributed by atoms with Gasteiger partial charge in [0.25, 0.3) is 0 Å². The maximum atomic E-state index is 12.0. The minimum absolute atomic E-state index is 0.226. The molecule has 0 amide bonds. The molecule has 0 spiro atoms. The lowest BCUT2D eigenvalue weighted by molar-refractivity contribution is 0.196. The summed E-state index contributed by atoms with van der Waals surface area (Å²) in [6.07, 6.45) is 0.640. The van der Waals surface area contributed by atoms with Gasteiger partial charge in [0, 0.05) is 29.2 Å². The molecule has 0 saturated carbocycles. The summed E-state index contributed by atoms with van der Waals surface area (Å²) in [5.41, 5.74) is 0. The molecule has 1 aromatic rings. The van der Waals surface area contributed by atoms with Gasteiger partial charge in [0.05, 0.1) is 4.90 Å².